The molecule has 29 aromatic carbocycles. The molecule has 0 aliphatic heterocycles. The normalized spacial score (nSPS) is 14.2. The zero-order valence-electron chi connectivity index (χ0n) is 109. The standard InChI is InChI=1S/2C50H33N.C46H31N/c1-4-16-41-34(12-1)15-11-23-42(41)35-24-28-39(29-25-35)51(50-33-38-14-3-6-18-44(38)46-20-9-10-22-48(46)50)40-30-26-36(27-31-40)49-32-37-13-2-5-17-43(37)45-19-7-8-21-47(45)49;1-2-12-37-31-38(22-21-34(37)11-1)35-23-27-41(28-24-35)51(50-33-40-14-4-6-16-44(40)46-18-9-10-20-48(46)50)42-29-25-36(26-30-42)49-32-39-13-3-5-15-43(39)45-17-7-8-19-47(45)49;1-2-12-32(13-3-1)33-22-26-37(27-23-33)47(46-31-36-15-5-7-17-40(36)42-19-10-11-21-44(42)46)38-28-24-34(25-29-38)45-30-35-14-4-6-16-39(35)41-18-8-9-20-43(41)45/h2*1-33H;1-31H/i24D,25D,26D,27D,28D,29D,30D,31D;23D,24D,25D,26D,27D,28D,29D,30D;1D,2D,3D,12D,13D,22D,23D,24D,25D,26D,27D,28D,29D. The second-order valence-electron chi connectivity index (χ2n) is 36.5. The van der Waals surface area contributed by atoms with Crippen molar-refractivity contribution in [2.24, 2.45) is 0 Å². The molecule has 0 N–H and O–H groups in total. The molecule has 0 fully saturated rings. The topological polar surface area (TPSA) is 9.72 Å². The lowest BCUT2D eigenvalue weighted by atomic mass is 9.93. The van der Waals surface area contributed by atoms with Gasteiger partial charge in [-0.2, -0.15) is 0 Å². The summed E-state index contributed by atoms with van der Waals surface area (Å²) in [5.74, 6) is 0. The Labute approximate surface area is 906 Å². The number of nitrogens with zero attached hydrogens (tertiary/aromatic N) is 3. The highest BCUT2D eigenvalue weighted by atomic mass is 15.2. The third kappa shape index (κ3) is 16.4. The summed E-state index contributed by atoms with van der Waals surface area (Å²) in [5.41, 5.74) is 1.66. The first kappa shape index (κ1) is 62.8. The van der Waals surface area contributed by atoms with Crippen LogP contribution in [0.15, 0.2) is 588 Å². The van der Waals surface area contributed by atoms with E-state index in [9.17, 15) is 32.9 Å². The van der Waals surface area contributed by atoms with Gasteiger partial charge in [0.1, 0.15) is 0 Å². The van der Waals surface area contributed by atoms with Crippen LogP contribution in [0.4, 0.5) is 51.2 Å². The minimum Gasteiger partial charge on any atom is -0.310 e. The Balaban J connectivity index is 0.000000125. The van der Waals surface area contributed by atoms with Gasteiger partial charge in [-0.3, -0.25) is 0 Å². The fraction of sp³-hybridized carbons (Fsp3) is 0. The highest BCUT2D eigenvalue weighted by molar-refractivity contribution is 6.21. The molecule has 3 heteroatoms. The Morgan fingerprint density at radius 2 is 0.329 bits per heavy atom. The predicted octanol–water partition coefficient (Wildman–Crippen LogP) is 41.6. The van der Waals surface area contributed by atoms with Crippen molar-refractivity contribution in [3.63, 3.8) is 0 Å². The van der Waals surface area contributed by atoms with E-state index in [2.05, 4.69) is 0 Å². The van der Waals surface area contributed by atoms with Gasteiger partial charge in [0.15, 0.2) is 0 Å². The van der Waals surface area contributed by atoms with E-state index >= 15 is 0 Å². The van der Waals surface area contributed by atoms with Gasteiger partial charge in [-0.15, -0.1) is 0 Å². The lowest BCUT2D eigenvalue weighted by Gasteiger charge is -2.28. The van der Waals surface area contributed by atoms with Crippen LogP contribution in [0, 0.1) is 0 Å². The van der Waals surface area contributed by atoms with Crippen LogP contribution in [0.3, 0.4) is 0 Å². The average Bonchev–Trinajstić information content (AvgIpc) is 0.716. The van der Waals surface area contributed by atoms with Crippen molar-refractivity contribution in [1.29, 1.82) is 0 Å². The molecule has 0 unspecified atom stereocenters. The first-order valence-electron chi connectivity index (χ1n) is 63.5. The second kappa shape index (κ2) is 38.3. The van der Waals surface area contributed by atoms with Crippen LogP contribution in [0.1, 0.15) is 39.8 Å². The van der Waals surface area contributed by atoms with Crippen LogP contribution in [0.2, 0.25) is 0 Å². The molecular weight excluding hydrogens is 1800 g/mol. The van der Waals surface area contributed by atoms with Gasteiger partial charge < -0.3 is 14.7 Å². The fourth-order valence-electron chi connectivity index (χ4n) is 21.0. The largest absolute Gasteiger partial charge is 0.310 e. The Morgan fingerprint density at radius 3 is 0.644 bits per heavy atom. The molecule has 0 atom stereocenters. The van der Waals surface area contributed by atoms with E-state index in [0.717, 1.165) is 124 Å². The van der Waals surface area contributed by atoms with Gasteiger partial charge in [-0.25, -0.2) is 0 Å². The second-order valence-corrected chi connectivity index (χ2v) is 36.5. The molecule has 3 nitrogen and oxygen atoms in total. The predicted molar refractivity (Wildman–Crippen MR) is 641 cm³/mol. The maximum atomic E-state index is 9.76. The summed E-state index contributed by atoms with van der Waals surface area (Å²) in [6, 6.07) is 116. The highest BCUT2D eigenvalue weighted by Crippen LogP contribution is 2.51. The van der Waals surface area contributed by atoms with Crippen LogP contribution in [0.5, 0.6) is 0 Å². The molecule has 0 heterocycles. The first-order valence-corrected chi connectivity index (χ1v) is 49.0. The maximum absolute atomic E-state index is 9.76. The van der Waals surface area contributed by atoms with Crippen LogP contribution in [-0.2, 0) is 0 Å². The molecular formula is C146H97N3. The van der Waals surface area contributed by atoms with Crippen LogP contribution >= 0.6 is 0 Å². The number of fused-ring (bicyclic) bond motifs is 20. The number of benzene rings is 29. The van der Waals surface area contributed by atoms with Gasteiger partial charge in [-0.05, 0) is 316 Å². The van der Waals surface area contributed by atoms with E-state index in [1.165, 1.54) is 14.7 Å². The number of hydrogen-bond acceptors (Lipinski definition) is 3. The molecule has 29 rings (SSSR count). The molecule has 0 radical (unpaired) electrons. The Bertz CT molecular complexity index is 12000. The summed E-state index contributed by atoms with van der Waals surface area (Å²) >= 11 is 0. The summed E-state index contributed by atoms with van der Waals surface area (Å²) < 4.78 is 272. The maximum Gasteiger partial charge on any atom is 0.0645 e. The summed E-state index contributed by atoms with van der Waals surface area (Å²) in [6.07, 6.45) is 0. The van der Waals surface area contributed by atoms with E-state index < -0.39 is 95.4 Å². The van der Waals surface area contributed by atoms with Crippen molar-refractivity contribution in [1.82, 2.24) is 0 Å². The molecule has 696 valence electrons. The SMILES string of the molecule is [2H]c1c([2H])c(N(c2c([2H])c([2H])c(-c3cc4ccccc4c4ccccc34)c([2H])c2[2H])c2cc3ccccc3c3ccccc23)c([2H])c([2H])c1-c1ccc2ccccc2c1.[2H]c1c([2H])c(N(c2c([2H])c([2H])c(-c3cc4ccccc4c4ccccc34)c([2H])c2[2H])c2cc3ccccc3c3ccccc23)c([2H])c([2H])c1-c1cccc2ccccc12.[2H]c1c([2H])c([2H])c(-c2c([2H])c([2H])c(N(c3c([2H])c([2H])c(-c4cc5ccccc5c5ccccc45)c([2H])c3[2H])c3cc4ccccc4c4ccccc34)c([2H])c2[2H])c([2H])c1[2H]. The van der Waals surface area contributed by atoms with Crippen molar-refractivity contribution in [2.75, 3.05) is 14.7 Å². The smallest absolute Gasteiger partial charge is 0.0645 e. The third-order valence-electron chi connectivity index (χ3n) is 27.9. The lowest BCUT2D eigenvalue weighted by Crippen LogP contribution is -2.10. The number of hydrogen-bond donors (Lipinski definition) is 0. The Hall–Kier alpha value is -19.6. The molecule has 29 aromatic rings. The van der Waals surface area contributed by atoms with E-state index in [1.807, 2.05) is 382 Å². The molecule has 149 heavy (non-hydrogen) atoms. The molecule has 0 amide bonds. The van der Waals surface area contributed by atoms with Crippen molar-refractivity contribution < 1.29 is 39.8 Å². The van der Waals surface area contributed by atoms with Crippen LogP contribution in [0.25, 0.3) is 218 Å². The zero-order valence-corrected chi connectivity index (χ0v) is 79.6. The minimum absolute atomic E-state index is 0.0371. The molecule has 0 aliphatic rings. The number of anilines is 9. The van der Waals surface area contributed by atoms with E-state index in [0.29, 0.717) is 66.1 Å². The summed E-state index contributed by atoms with van der Waals surface area (Å²) in [7, 11) is 0. The molecule has 0 aliphatic carbocycles. The molecule has 0 saturated carbocycles. The van der Waals surface area contributed by atoms with Gasteiger partial charge >= 0.3 is 0 Å². The lowest BCUT2D eigenvalue weighted by molar-refractivity contribution is 1.30. The van der Waals surface area contributed by atoms with Crippen LogP contribution in [-0.4, -0.2) is 0 Å². The minimum atomic E-state index is -0.728. The van der Waals surface area contributed by atoms with E-state index in [1.54, 1.807) is 30.3 Å². The zero-order chi connectivity index (χ0) is 124. The van der Waals surface area contributed by atoms with Crippen molar-refractivity contribution >= 4 is 202 Å². The van der Waals surface area contributed by atoms with Gasteiger partial charge in [0, 0.05) is 50.3 Å². The van der Waals surface area contributed by atoms with Crippen molar-refractivity contribution in [3.05, 3.63) is 588 Å². The van der Waals surface area contributed by atoms with Gasteiger partial charge in [0.05, 0.1) is 56.8 Å². The molecule has 0 bridgehead atoms. The first-order chi connectivity index (χ1) is 86.0. The quantitative estimate of drug-likeness (QED) is 0.0947. The third-order valence-corrected chi connectivity index (χ3v) is 27.9. The summed E-state index contributed by atoms with van der Waals surface area (Å²) in [4.78, 5) is 4.08. The van der Waals surface area contributed by atoms with E-state index in [-0.39, 0.29) is 159 Å². The molecule has 0 spiro atoms. The van der Waals surface area contributed by atoms with Crippen molar-refractivity contribution in [3.8, 4) is 66.8 Å². The van der Waals surface area contributed by atoms with E-state index in [4.69, 9.17) is 6.85 Å². The van der Waals surface area contributed by atoms with Crippen molar-refractivity contribution in [2.45, 2.75) is 0 Å². The molecule has 0 aromatic heterocycles. The Morgan fingerprint density at radius 1 is 0.114 bits per heavy atom. The van der Waals surface area contributed by atoms with Gasteiger partial charge in [0.25, 0.3) is 0 Å². The fourth-order valence-corrected chi connectivity index (χ4v) is 21.0. The monoisotopic (exact) mass is 1920 g/mol. The average molecular weight is 1920 g/mol. The van der Waals surface area contributed by atoms with Gasteiger partial charge in [0.2, 0.25) is 0 Å². The van der Waals surface area contributed by atoms with Crippen LogP contribution < -0.4 is 14.7 Å². The summed E-state index contributed by atoms with van der Waals surface area (Å²) in [5, 5.41) is 23.4. The molecule has 0 saturated heterocycles. The van der Waals surface area contributed by atoms with Gasteiger partial charge in [-0.1, -0.05) is 473 Å². The highest BCUT2D eigenvalue weighted by Gasteiger charge is 2.25. The Kier molecular flexibility index (Phi) is 16.1. The number of rotatable bonds is 15. The summed E-state index contributed by atoms with van der Waals surface area (Å²) in [6.45, 7) is 0.